The van der Waals surface area contributed by atoms with Gasteiger partial charge in [0.2, 0.25) is 0 Å². The summed E-state index contributed by atoms with van der Waals surface area (Å²) in [6.07, 6.45) is 0. The molecule has 0 unspecified atom stereocenters. The van der Waals surface area contributed by atoms with Crippen LogP contribution < -0.4 is 14.3 Å². The highest BCUT2D eigenvalue weighted by atomic mass is 79.9. The molecule has 7 heteroatoms. The summed E-state index contributed by atoms with van der Waals surface area (Å²) in [5, 5.41) is 0. The average molecular weight is 407 g/mol. The first-order chi connectivity index (χ1) is 11.6. The second kappa shape index (κ2) is 6.78. The summed E-state index contributed by atoms with van der Waals surface area (Å²) in [5.74, 6) is 0.476. The van der Waals surface area contributed by atoms with Gasteiger partial charge >= 0.3 is 0 Å². The Kier molecular flexibility index (Phi) is 4.73. The minimum absolute atomic E-state index is 0.319. The van der Waals surface area contributed by atoms with E-state index in [0.717, 1.165) is 14.7 Å². The fraction of sp³-hybridized carbons (Fsp3) is 0.176. The van der Waals surface area contributed by atoms with Crippen molar-refractivity contribution in [2.75, 3.05) is 14.2 Å². The van der Waals surface area contributed by atoms with Crippen molar-refractivity contribution < 1.29 is 14.3 Å². The highest BCUT2D eigenvalue weighted by Gasteiger charge is 2.18. The fourth-order valence-electron chi connectivity index (χ4n) is 2.47. The molecule has 0 radical (unpaired) electrons. The zero-order valence-electron chi connectivity index (χ0n) is 13.4. The molecular weight excluding hydrogens is 392 g/mol. The number of fused-ring (bicyclic) bond motifs is 1. The molecule has 0 aliphatic rings. The Morgan fingerprint density at radius 1 is 1.12 bits per heavy atom. The monoisotopic (exact) mass is 406 g/mol. The first-order valence-corrected chi connectivity index (χ1v) is 8.72. The molecule has 2 aromatic carbocycles. The molecule has 1 heterocycles. The third-order valence-electron chi connectivity index (χ3n) is 3.61. The topological polar surface area (TPSA) is 52.8 Å². The van der Waals surface area contributed by atoms with Gasteiger partial charge in [0.1, 0.15) is 17.1 Å². The maximum atomic E-state index is 12.7. The summed E-state index contributed by atoms with van der Waals surface area (Å²) in [6, 6.07) is 11.1. The molecule has 1 amide bonds. The van der Waals surface area contributed by atoms with Gasteiger partial charge in [-0.3, -0.25) is 4.79 Å². The number of hydrogen-bond acceptors (Lipinski definition) is 4. The zero-order valence-corrected chi connectivity index (χ0v) is 15.8. The second-order valence-electron chi connectivity index (χ2n) is 4.98. The number of ether oxygens (including phenoxy) is 2. The number of nitrogens with zero attached hydrogens (tertiary/aromatic N) is 2. The molecule has 5 nitrogen and oxygen atoms in total. The lowest BCUT2D eigenvalue weighted by molar-refractivity contribution is 0.0992. The highest BCUT2D eigenvalue weighted by Crippen LogP contribution is 2.29. The van der Waals surface area contributed by atoms with Crippen LogP contribution in [0.25, 0.3) is 10.2 Å². The number of carbonyl (C=O) groups is 1. The van der Waals surface area contributed by atoms with E-state index in [-0.39, 0.29) is 0 Å². The third-order valence-corrected chi connectivity index (χ3v) is 5.35. The van der Waals surface area contributed by atoms with Crippen LogP contribution in [0.15, 0.2) is 45.9 Å². The summed E-state index contributed by atoms with van der Waals surface area (Å²) in [7, 11) is 4.92. The largest absolute Gasteiger partial charge is 0.496 e. The smallest absolute Gasteiger partial charge is 0.287 e. The van der Waals surface area contributed by atoms with Gasteiger partial charge in [-0.25, -0.2) is 0 Å². The number of aromatic nitrogens is 1. The normalized spacial score (nSPS) is 11.8. The van der Waals surface area contributed by atoms with Crippen LogP contribution in [0.2, 0.25) is 0 Å². The van der Waals surface area contributed by atoms with Gasteiger partial charge in [-0.2, -0.15) is 4.99 Å². The minimum atomic E-state index is -0.400. The molecule has 3 rings (SSSR count). The maximum Gasteiger partial charge on any atom is 0.287 e. The molecule has 1 aromatic heterocycles. The molecule has 3 aromatic rings. The fourth-order valence-corrected chi connectivity index (χ4v) is 4.28. The van der Waals surface area contributed by atoms with Crippen LogP contribution in [0.1, 0.15) is 10.4 Å². The van der Waals surface area contributed by atoms with Gasteiger partial charge in [0.15, 0.2) is 4.80 Å². The van der Waals surface area contributed by atoms with Gasteiger partial charge in [0.05, 0.1) is 24.4 Å². The van der Waals surface area contributed by atoms with Gasteiger partial charge in [-0.1, -0.05) is 23.5 Å². The van der Waals surface area contributed by atoms with Crippen LogP contribution in [-0.2, 0) is 7.05 Å². The van der Waals surface area contributed by atoms with Crippen molar-refractivity contribution in [3.05, 3.63) is 51.2 Å². The van der Waals surface area contributed by atoms with E-state index < -0.39 is 5.91 Å². The van der Waals surface area contributed by atoms with E-state index in [1.165, 1.54) is 25.6 Å². The van der Waals surface area contributed by atoms with E-state index in [9.17, 15) is 4.79 Å². The predicted molar refractivity (Wildman–Crippen MR) is 97.9 cm³/mol. The maximum absolute atomic E-state index is 12.7. The number of thiazole rings is 1. The van der Waals surface area contributed by atoms with Crippen LogP contribution in [0, 0.1) is 0 Å². The lowest BCUT2D eigenvalue weighted by atomic mass is 10.1. The second-order valence-corrected chi connectivity index (χ2v) is 6.85. The lowest BCUT2D eigenvalue weighted by Crippen LogP contribution is -2.14. The quantitative estimate of drug-likeness (QED) is 0.665. The van der Waals surface area contributed by atoms with Crippen molar-refractivity contribution in [2.24, 2.45) is 12.0 Å². The minimum Gasteiger partial charge on any atom is -0.496 e. The molecule has 0 aliphatic heterocycles. The van der Waals surface area contributed by atoms with Crippen LogP contribution >= 0.6 is 27.3 Å². The Labute approximate surface area is 151 Å². The molecule has 0 bridgehead atoms. The summed E-state index contributed by atoms with van der Waals surface area (Å²) in [5.41, 5.74) is 1.32. The zero-order chi connectivity index (χ0) is 17.3. The summed E-state index contributed by atoms with van der Waals surface area (Å²) in [4.78, 5) is 17.6. The Hall–Kier alpha value is -2.12. The van der Waals surface area contributed by atoms with Crippen LogP contribution in [0.5, 0.6) is 11.5 Å². The first-order valence-electron chi connectivity index (χ1n) is 7.11. The SMILES string of the molecule is COc1cccc(OC)c1C(=O)N=c1sc2cccc(Br)c2n1C. The van der Waals surface area contributed by atoms with Crippen molar-refractivity contribution in [1.82, 2.24) is 4.57 Å². The van der Waals surface area contributed by atoms with Gasteiger partial charge in [-0.05, 0) is 40.2 Å². The van der Waals surface area contributed by atoms with Gasteiger partial charge in [0, 0.05) is 11.5 Å². The Morgan fingerprint density at radius 2 is 1.75 bits per heavy atom. The number of rotatable bonds is 3. The molecule has 0 N–H and O–H groups in total. The number of methoxy groups -OCH3 is 2. The standard InChI is InChI=1S/C17H15BrN2O3S/c1-20-15-10(18)6-4-9-13(15)24-17(20)19-16(21)14-11(22-2)7-5-8-12(14)23-3/h4-9H,1-3H3. The predicted octanol–water partition coefficient (Wildman–Crippen LogP) is 3.76. The number of para-hydroxylation sites is 1. The number of benzene rings is 2. The first kappa shape index (κ1) is 16.7. The number of aryl methyl sites for hydroxylation is 1. The van der Waals surface area contributed by atoms with Crippen molar-refractivity contribution in [3.63, 3.8) is 0 Å². The van der Waals surface area contributed by atoms with E-state index in [4.69, 9.17) is 9.47 Å². The number of halogens is 1. The molecule has 24 heavy (non-hydrogen) atoms. The Balaban J connectivity index is 2.18. The molecule has 0 saturated heterocycles. The summed E-state index contributed by atoms with van der Waals surface area (Å²) >= 11 is 4.99. The number of amides is 1. The van der Waals surface area contributed by atoms with Crippen LogP contribution in [0.4, 0.5) is 0 Å². The van der Waals surface area contributed by atoms with Crippen molar-refractivity contribution >= 4 is 43.4 Å². The molecule has 0 atom stereocenters. The van der Waals surface area contributed by atoms with Crippen molar-refractivity contribution in [2.45, 2.75) is 0 Å². The lowest BCUT2D eigenvalue weighted by Gasteiger charge is -2.09. The van der Waals surface area contributed by atoms with Crippen molar-refractivity contribution in [1.29, 1.82) is 0 Å². The van der Waals surface area contributed by atoms with Crippen molar-refractivity contribution in [3.8, 4) is 11.5 Å². The van der Waals surface area contributed by atoms with Gasteiger partial charge < -0.3 is 14.0 Å². The molecule has 0 saturated carbocycles. The number of hydrogen-bond donors (Lipinski definition) is 0. The van der Waals surface area contributed by atoms with E-state index >= 15 is 0 Å². The Morgan fingerprint density at radius 3 is 2.33 bits per heavy atom. The number of carbonyl (C=O) groups excluding carboxylic acids is 1. The van der Waals surface area contributed by atoms with E-state index in [1.54, 1.807) is 18.2 Å². The van der Waals surface area contributed by atoms with E-state index in [2.05, 4.69) is 20.9 Å². The van der Waals surface area contributed by atoms with E-state index in [0.29, 0.717) is 21.9 Å². The molecule has 0 spiro atoms. The molecular formula is C17H15BrN2O3S. The summed E-state index contributed by atoms with van der Waals surface area (Å²) in [6.45, 7) is 0. The highest BCUT2D eigenvalue weighted by molar-refractivity contribution is 9.10. The van der Waals surface area contributed by atoms with Gasteiger partial charge in [-0.15, -0.1) is 0 Å². The summed E-state index contributed by atoms with van der Waals surface area (Å²) < 4.78 is 14.5. The van der Waals surface area contributed by atoms with Gasteiger partial charge in [0.25, 0.3) is 5.91 Å². The van der Waals surface area contributed by atoms with Crippen LogP contribution in [0.3, 0.4) is 0 Å². The average Bonchev–Trinajstić information content (AvgIpc) is 2.91. The van der Waals surface area contributed by atoms with E-state index in [1.807, 2.05) is 29.8 Å². The molecule has 0 aliphatic carbocycles. The Bertz CT molecular complexity index is 969. The molecule has 124 valence electrons. The van der Waals surface area contributed by atoms with Crippen LogP contribution in [-0.4, -0.2) is 24.7 Å². The third kappa shape index (κ3) is 2.85. The molecule has 0 fully saturated rings.